The minimum absolute atomic E-state index is 0.144. The molecule has 0 saturated heterocycles. The summed E-state index contributed by atoms with van der Waals surface area (Å²) in [6.07, 6.45) is 1.97. The Hall–Kier alpha value is -10.7. The van der Waals surface area contributed by atoms with Crippen LogP contribution in [0.15, 0.2) is 316 Å². The van der Waals surface area contributed by atoms with E-state index in [1.807, 2.05) is 6.20 Å². The van der Waals surface area contributed by atoms with Gasteiger partial charge in [-0.1, -0.05) is 130 Å². The SMILES string of the molecule is CC(C)(C)c1ccnc(N2c3ccccc3C3(c4cc(-c5ccccc5)ccc4N(c4ccccc4)c4ccc(-c5ccccc5)cc43)c3ccc(Oc4cccc(-n5[c](=[Pt])n(-c6c(-c7ccccc7)cccc6-c6ccccc6)c6ccccc65)c4)cc32)c1. The second kappa shape index (κ2) is 22.2. The second-order valence-electron chi connectivity index (χ2n) is 24.2. The molecule has 6 nitrogen and oxygen atoms in total. The molecule has 12 aromatic carbocycles. The predicted octanol–water partition coefficient (Wildman–Crippen LogP) is 21.6. The van der Waals surface area contributed by atoms with Gasteiger partial charge < -0.3 is 4.90 Å². The van der Waals surface area contributed by atoms with E-state index in [2.05, 4.69) is 368 Å². The molecular weight excluding hydrogens is 1280 g/mol. The Morgan fingerprint density at radius 1 is 0.356 bits per heavy atom. The Bertz CT molecular complexity index is 4960. The number of para-hydroxylation sites is 5. The Balaban J connectivity index is 0.920. The number of fused-ring (bicyclic) bond motifs is 9. The molecule has 2 aliphatic heterocycles. The summed E-state index contributed by atoms with van der Waals surface area (Å²) in [6, 6.07) is 112. The van der Waals surface area contributed by atoms with E-state index in [1.165, 1.54) is 16.7 Å². The van der Waals surface area contributed by atoms with Gasteiger partial charge >= 0.3 is 306 Å². The molecule has 2 aliphatic rings. The van der Waals surface area contributed by atoms with Gasteiger partial charge in [-0.15, -0.1) is 0 Å². The molecular formula is C83H61N5OPt. The van der Waals surface area contributed by atoms with E-state index in [-0.39, 0.29) is 5.41 Å². The van der Waals surface area contributed by atoms with Gasteiger partial charge in [0.1, 0.15) is 0 Å². The van der Waals surface area contributed by atoms with Crippen LogP contribution in [0.1, 0.15) is 48.6 Å². The number of benzene rings is 12. The molecule has 0 fully saturated rings. The van der Waals surface area contributed by atoms with E-state index >= 15 is 0 Å². The predicted molar refractivity (Wildman–Crippen MR) is 365 cm³/mol. The molecule has 90 heavy (non-hydrogen) atoms. The van der Waals surface area contributed by atoms with Crippen LogP contribution >= 0.6 is 0 Å². The van der Waals surface area contributed by atoms with Crippen LogP contribution in [0.5, 0.6) is 11.5 Å². The van der Waals surface area contributed by atoms with Crippen molar-refractivity contribution >= 4 is 45.3 Å². The van der Waals surface area contributed by atoms with Gasteiger partial charge in [-0.2, -0.15) is 0 Å². The van der Waals surface area contributed by atoms with Crippen molar-refractivity contribution in [3.05, 3.63) is 347 Å². The number of aromatic nitrogens is 3. The summed E-state index contributed by atoms with van der Waals surface area (Å²) in [7, 11) is 0. The topological polar surface area (TPSA) is 38.5 Å². The van der Waals surface area contributed by atoms with E-state index in [1.54, 1.807) is 0 Å². The fraction of sp³-hybridized carbons (Fsp3) is 0.0602. The first-order valence-corrected chi connectivity index (χ1v) is 31.8. The van der Waals surface area contributed by atoms with E-state index in [4.69, 9.17) is 9.72 Å². The van der Waals surface area contributed by atoms with Crippen molar-refractivity contribution in [2.75, 3.05) is 9.80 Å². The number of hydrogen-bond acceptors (Lipinski definition) is 4. The number of imidazole rings is 1. The van der Waals surface area contributed by atoms with Gasteiger partial charge in [0.05, 0.1) is 11.4 Å². The van der Waals surface area contributed by atoms with Crippen molar-refractivity contribution in [3.8, 4) is 67.4 Å². The van der Waals surface area contributed by atoms with Crippen molar-refractivity contribution in [1.29, 1.82) is 0 Å². The van der Waals surface area contributed by atoms with Gasteiger partial charge in [0.15, 0.2) is 0 Å². The minimum atomic E-state index is -0.880. The number of rotatable bonds is 10. The molecule has 4 heterocycles. The Morgan fingerprint density at radius 2 is 0.844 bits per heavy atom. The number of hydrogen-bond donors (Lipinski definition) is 0. The number of pyridine rings is 1. The third kappa shape index (κ3) is 9.12. The van der Waals surface area contributed by atoms with Gasteiger partial charge in [-0.3, -0.25) is 0 Å². The fourth-order valence-electron chi connectivity index (χ4n) is 13.9. The normalized spacial score (nSPS) is 12.9. The van der Waals surface area contributed by atoms with Gasteiger partial charge in [0, 0.05) is 11.9 Å². The molecule has 7 heteroatoms. The van der Waals surface area contributed by atoms with Gasteiger partial charge in [0.25, 0.3) is 0 Å². The van der Waals surface area contributed by atoms with Gasteiger partial charge in [-0.05, 0) is 75.7 Å². The maximum absolute atomic E-state index is 7.32. The van der Waals surface area contributed by atoms with Crippen LogP contribution in [0.3, 0.4) is 0 Å². The molecule has 16 rings (SSSR count). The zero-order chi connectivity index (χ0) is 60.5. The molecule has 0 saturated carbocycles. The first kappa shape index (κ1) is 54.7. The molecule has 1 spiro atoms. The maximum atomic E-state index is 7.32. The van der Waals surface area contributed by atoms with E-state index in [0.29, 0.717) is 11.5 Å². The zero-order valence-electron chi connectivity index (χ0n) is 50.0. The summed E-state index contributed by atoms with van der Waals surface area (Å²) >= 11 is 2.53. The third-order valence-corrected chi connectivity index (χ3v) is 19.0. The van der Waals surface area contributed by atoms with Crippen molar-refractivity contribution < 1.29 is 24.1 Å². The van der Waals surface area contributed by atoms with Crippen molar-refractivity contribution in [2.24, 2.45) is 0 Å². The molecule has 434 valence electrons. The Morgan fingerprint density at radius 3 is 1.44 bits per heavy atom. The molecule has 0 unspecified atom stereocenters. The molecule has 0 atom stereocenters. The third-order valence-electron chi connectivity index (χ3n) is 18.0. The summed E-state index contributed by atoms with van der Waals surface area (Å²) in [4.78, 5) is 10.1. The van der Waals surface area contributed by atoms with Gasteiger partial charge in [0.2, 0.25) is 0 Å². The summed E-state index contributed by atoms with van der Waals surface area (Å²) in [5.74, 6) is 2.23. The quantitative estimate of drug-likeness (QED) is 0.137. The molecule has 14 aromatic rings. The molecule has 0 bridgehead atoms. The van der Waals surface area contributed by atoms with Gasteiger partial charge in [-0.25, -0.2) is 0 Å². The Labute approximate surface area is 535 Å². The Kier molecular flexibility index (Phi) is 13.5. The number of ether oxygens (including phenoxy) is 1. The van der Waals surface area contributed by atoms with Crippen LogP contribution in [0.2, 0.25) is 0 Å². The number of anilines is 6. The molecule has 0 amide bonds. The van der Waals surface area contributed by atoms with Crippen LogP contribution in [-0.4, -0.2) is 14.1 Å². The summed E-state index contributed by atoms with van der Waals surface area (Å²) in [5.41, 5.74) is 23.5. The second-order valence-corrected chi connectivity index (χ2v) is 25.3. The average molecular weight is 1340 g/mol. The number of nitrogens with zero attached hydrogens (tertiary/aromatic N) is 5. The molecule has 0 N–H and O–H groups in total. The zero-order valence-corrected chi connectivity index (χ0v) is 52.3. The van der Waals surface area contributed by atoms with E-state index in [0.717, 1.165) is 116 Å². The van der Waals surface area contributed by atoms with Crippen molar-refractivity contribution in [2.45, 2.75) is 31.6 Å². The van der Waals surface area contributed by atoms with E-state index < -0.39 is 5.41 Å². The molecule has 0 radical (unpaired) electrons. The summed E-state index contributed by atoms with van der Waals surface area (Å²) in [6.45, 7) is 6.81. The summed E-state index contributed by atoms with van der Waals surface area (Å²) < 4.78 is 13.1. The van der Waals surface area contributed by atoms with E-state index in [9.17, 15) is 0 Å². The summed E-state index contributed by atoms with van der Waals surface area (Å²) in [5, 5.41) is 0. The van der Waals surface area contributed by atoms with Crippen LogP contribution < -0.4 is 14.5 Å². The average Bonchev–Trinajstić information content (AvgIpc) is 0.802. The van der Waals surface area contributed by atoms with Crippen LogP contribution in [0.4, 0.5) is 34.3 Å². The first-order valence-electron chi connectivity index (χ1n) is 30.7. The van der Waals surface area contributed by atoms with Crippen LogP contribution in [-0.2, 0) is 30.2 Å². The monoisotopic (exact) mass is 1340 g/mol. The fourth-order valence-corrected chi connectivity index (χ4v) is 15.0. The molecule has 0 aliphatic carbocycles. The van der Waals surface area contributed by atoms with Crippen molar-refractivity contribution in [3.63, 3.8) is 0 Å². The standard InChI is InChI=1S/C83H61N5O.Pt/c1-82(2,3)63-49-50-84-80(53-63)88-74-40-20-19-39-70(74)83(72-51-61(57-25-9-4-10-26-57)43-47-75(72)87(64-33-17-8-18-34-64)76-48-44-62(52-73(76)83)58-27-11-5-12-28-58)71-46-45-67(55-79(71)88)89-66-36-23-35-65(54-66)85-56-86(78-42-22-21-41-77(78)85)81-68(59-29-13-6-14-30-59)37-24-38-69(81)60-31-15-7-16-32-60;/h4-55H,1-3H3;. The first-order chi connectivity index (χ1) is 44.2. The van der Waals surface area contributed by atoms with Crippen LogP contribution in [0.25, 0.3) is 66.9 Å². The molecule has 2 aromatic heterocycles. The van der Waals surface area contributed by atoms with Crippen molar-refractivity contribution in [1.82, 2.24) is 14.1 Å². The van der Waals surface area contributed by atoms with Crippen LogP contribution in [0, 0.1) is 3.80 Å².